The van der Waals surface area contributed by atoms with E-state index in [9.17, 15) is 0 Å². The van der Waals surface area contributed by atoms with E-state index in [1.165, 1.54) is 16.0 Å². The van der Waals surface area contributed by atoms with Gasteiger partial charge >= 0.3 is 0 Å². The Morgan fingerprint density at radius 3 is 2.00 bits per heavy atom. The average molecular weight is 298 g/mol. The topological polar surface area (TPSA) is 0 Å². The van der Waals surface area contributed by atoms with Crippen LogP contribution in [0.2, 0.25) is 0 Å². The predicted molar refractivity (Wildman–Crippen MR) is 95.2 cm³/mol. The summed E-state index contributed by atoms with van der Waals surface area (Å²) >= 11 is 1.98. The molecule has 0 N–H and O–H groups in total. The fourth-order valence-electron chi connectivity index (χ4n) is 2.40. The Labute approximate surface area is 134 Å². The molecule has 2 aromatic carbocycles. The molecule has 0 spiro atoms. The molecule has 112 valence electrons. The Balaban J connectivity index is 2.16. The van der Waals surface area contributed by atoms with E-state index in [0.29, 0.717) is 0 Å². The van der Waals surface area contributed by atoms with Crippen LogP contribution in [0.1, 0.15) is 38.8 Å². The summed E-state index contributed by atoms with van der Waals surface area (Å²) in [6.07, 6.45) is 0. The highest BCUT2D eigenvalue weighted by atomic mass is 32.2. The molecule has 0 radical (unpaired) electrons. The summed E-state index contributed by atoms with van der Waals surface area (Å²) in [7, 11) is 0. The molecule has 0 aliphatic heterocycles. The maximum atomic E-state index is 2.38. The monoisotopic (exact) mass is 298 g/mol. The Morgan fingerprint density at radius 2 is 1.38 bits per heavy atom. The first-order chi connectivity index (χ1) is 9.84. The molecule has 0 aliphatic carbocycles. The minimum Gasteiger partial charge on any atom is -0.125 e. The van der Waals surface area contributed by atoms with Gasteiger partial charge in [0.1, 0.15) is 0 Å². The van der Waals surface area contributed by atoms with Gasteiger partial charge in [0.05, 0.1) is 0 Å². The summed E-state index contributed by atoms with van der Waals surface area (Å²) in [5.74, 6) is 1.11. The van der Waals surface area contributed by atoms with Crippen LogP contribution in [-0.4, -0.2) is 5.75 Å². The van der Waals surface area contributed by atoms with Crippen LogP contribution in [0.15, 0.2) is 59.5 Å². The number of hydrogen-bond acceptors (Lipinski definition) is 1. The van der Waals surface area contributed by atoms with Gasteiger partial charge in [0.25, 0.3) is 0 Å². The summed E-state index contributed by atoms with van der Waals surface area (Å²) in [5, 5.41) is 0. The van der Waals surface area contributed by atoms with E-state index in [2.05, 4.69) is 89.2 Å². The number of thioether (sulfide) groups is 1. The minimum absolute atomic E-state index is 0.143. The van der Waals surface area contributed by atoms with Gasteiger partial charge in [-0.3, -0.25) is 0 Å². The summed E-state index contributed by atoms with van der Waals surface area (Å²) < 4.78 is 0. The molecule has 0 saturated carbocycles. The zero-order valence-electron chi connectivity index (χ0n) is 13.8. The average Bonchev–Trinajstić information content (AvgIpc) is 2.47. The van der Waals surface area contributed by atoms with Crippen molar-refractivity contribution in [3.8, 4) is 0 Å². The van der Waals surface area contributed by atoms with Crippen LogP contribution in [0.5, 0.6) is 0 Å². The highest BCUT2D eigenvalue weighted by Gasteiger charge is 2.38. The molecule has 0 heterocycles. The maximum Gasteiger partial charge on any atom is 0.0101 e. The summed E-state index contributed by atoms with van der Waals surface area (Å²) in [5.41, 5.74) is 3.14. The molecular weight excluding hydrogens is 272 g/mol. The van der Waals surface area contributed by atoms with Gasteiger partial charge in [-0.25, -0.2) is 0 Å². The maximum absolute atomic E-state index is 2.38. The Hall–Kier alpha value is -1.21. The molecule has 0 aromatic heterocycles. The molecule has 21 heavy (non-hydrogen) atoms. The van der Waals surface area contributed by atoms with Crippen LogP contribution in [-0.2, 0) is 5.41 Å². The van der Waals surface area contributed by atoms with Crippen LogP contribution in [0.4, 0.5) is 0 Å². The van der Waals surface area contributed by atoms with Crippen LogP contribution in [0.3, 0.4) is 0 Å². The second-order valence-corrected chi connectivity index (χ2v) is 7.95. The number of rotatable bonds is 5. The molecule has 0 aliphatic rings. The smallest absolute Gasteiger partial charge is 0.0101 e. The van der Waals surface area contributed by atoms with Gasteiger partial charge in [-0.15, -0.1) is 11.8 Å². The van der Waals surface area contributed by atoms with Crippen molar-refractivity contribution in [2.75, 3.05) is 5.75 Å². The van der Waals surface area contributed by atoms with E-state index >= 15 is 0 Å². The third-order valence-corrected chi connectivity index (χ3v) is 6.50. The van der Waals surface area contributed by atoms with Gasteiger partial charge in [0, 0.05) is 10.6 Å². The van der Waals surface area contributed by atoms with Crippen molar-refractivity contribution in [2.24, 2.45) is 5.41 Å². The fourth-order valence-corrected chi connectivity index (χ4v) is 3.75. The normalized spacial score (nSPS) is 12.4. The lowest BCUT2D eigenvalue weighted by atomic mass is 9.65. The molecule has 0 nitrogen and oxygen atoms in total. The van der Waals surface area contributed by atoms with Gasteiger partial charge in [0.15, 0.2) is 0 Å². The molecule has 0 saturated heterocycles. The van der Waals surface area contributed by atoms with E-state index in [4.69, 9.17) is 0 Å². The van der Waals surface area contributed by atoms with Crippen molar-refractivity contribution in [3.05, 3.63) is 65.7 Å². The number of aryl methyl sites for hydroxylation is 1. The standard InChI is InChI=1S/C20H26S/c1-16-11-9-10-14-18(16)21-15-19(2,3)20(4,5)17-12-7-6-8-13-17/h6-14H,15H2,1-5H3. The predicted octanol–water partition coefficient (Wildman–Crippen LogP) is 6.09. The summed E-state index contributed by atoms with van der Waals surface area (Å²) in [4.78, 5) is 1.40. The largest absolute Gasteiger partial charge is 0.125 e. The molecule has 0 fully saturated rings. The molecule has 0 bridgehead atoms. The Kier molecular flexibility index (Phi) is 4.83. The van der Waals surface area contributed by atoms with Crippen molar-refractivity contribution in [1.82, 2.24) is 0 Å². The van der Waals surface area contributed by atoms with E-state index < -0.39 is 0 Å². The molecular formula is C20H26S. The third-order valence-electron chi connectivity index (χ3n) is 4.87. The van der Waals surface area contributed by atoms with Gasteiger partial charge in [-0.1, -0.05) is 76.2 Å². The first-order valence-corrected chi connectivity index (χ1v) is 8.57. The van der Waals surface area contributed by atoms with Crippen molar-refractivity contribution >= 4 is 11.8 Å². The van der Waals surface area contributed by atoms with Crippen molar-refractivity contribution in [3.63, 3.8) is 0 Å². The second kappa shape index (κ2) is 6.27. The highest BCUT2D eigenvalue weighted by molar-refractivity contribution is 7.99. The van der Waals surface area contributed by atoms with Crippen LogP contribution < -0.4 is 0 Å². The van der Waals surface area contributed by atoms with Crippen molar-refractivity contribution in [1.29, 1.82) is 0 Å². The van der Waals surface area contributed by atoms with E-state index in [1.54, 1.807) is 0 Å². The van der Waals surface area contributed by atoms with Crippen molar-refractivity contribution in [2.45, 2.75) is 44.9 Å². The summed E-state index contributed by atoms with van der Waals surface area (Å²) in [6, 6.07) is 19.5. The first kappa shape index (κ1) is 16.2. The number of hydrogen-bond donors (Lipinski definition) is 0. The van der Waals surface area contributed by atoms with Gasteiger partial charge in [0.2, 0.25) is 0 Å². The zero-order chi connectivity index (χ0) is 15.5. The van der Waals surface area contributed by atoms with Gasteiger partial charge < -0.3 is 0 Å². The minimum atomic E-state index is 0.143. The van der Waals surface area contributed by atoms with Crippen LogP contribution in [0.25, 0.3) is 0 Å². The van der Waals surface area contributed by atoms with Crippen LogP contribution >= 0.6 is 11.8 Å². The molecule has 2 rings (SSSR count). The molecule has 0 amide bonds. The molecule has 0 unspecified atom stereocenters. The van der Waals surface area contributed by atoms with Gasteiger partial charge in [-0.2, -0.15) is 0 Å². The molecule has 1 heteroatoms. The highest BCUT2D eigenvalue weighted by Crippen LogP contribution is 2.44. The van der Waals surface area contributed by atoms with Crippen molar-refractivity contribution < 1.29 is 0 Å². The van der Waals surface area contributed by atoms with Gasteiger partial charge in [-0.05, 0) is 34.9 Å². The van der Waals surface area contributed by atoms with E-state index in [0.717, 1.165) is 5.75 Å². The first-order valence-electron chi connectivity index (χ1n) is 7.58. The Morgan fingerprint density at radius 1 is 0.810 bits per heavy atom. The fraction of sp³-hybridized carbons (Fsp3) is 0.400. The quantitative estimate of drug-likeness (QED) is 0.602. The van der Waals surface area contributed by atoms with Crippen LogP contribution in [0, 0.1) is 12.3 Å². The van der Waals surface area contributed by atoms with E-state index in [1.807, 2.05) is 11.8 Å². The number of benzene rings is 2. The second-order valence-electron chi connectivity index (χ2n) is 6.93. The Bertz CT molecular complexity index is 582. The lowest BCUT2D eigenvalue weighted by Crippen LogP contribution is -2.38. The van der Waals surface area contributed by atoms with E-state index in [-0.39, 0.29) is 10.8 Å². The molecule has 0 atom stereocenters. The lowest BCUT2D eigenvalue weighted by molar-refractivity contribution is 0.232. The molecule has 2 aromatic rings. The third kappa shape index (κ3) is 3.52. The summed E-state index contributed by atoms with van der Waals surface area (Å²) in [6.45, 7) is 11.7. The lowest BCUT2D eigenvalue weighted by Gasteiger charge is -2.42. The zero-order valence-corrected chi connectivity index (χ0v) is 14.6. The SMILES string of the molecule is Cc1ccccc1SCC(C)(C)C(C)(C)c1ccccc1.